The lowest BCUT2D eigenvalue weighted by Crippen LogP contribution is -2.40. The van der Waals surface area contributed by atoms with Crippen LogP contribution in [0.2, 0.25) is 0 Å². The predicted octanol–water partition coefficient (Wildman–Crippen LogP) is 5.59. The van der Waals surface area contributed by atoms with Crippen LogP contribution < -0.4 is 0 Å². The summed E-state index contributed by atoms with van der Waals surface area (Å²) < 4.78 is 0. The molecular formula is C23H30ClNO2. The van der Waals surface area contributed by atoms with Crippen LogP contribution in [-0.4, -0.2) is 33.9 Å². The minimum Gasteiger partial charge on any atom is -0.508 e. The summed E-state index contributed by atoms with van der Waals surface area (Å²) in [5.41, 5.74) is 1.78. The van der Waals surface area contributed by atoms with Gasteiger partial charge in [0.05, 0.1) is 0 Å². The Morgan fingerprint density at radius 2 is 1.67 bits per heavy atom. The van der Waals surface area contributed by atoms with Crippen molar-refractivity contribution in [3.63, 3.8) is 0 Å². The van der Waals surface area contributed by atoms with Gasteiger partial charge in [0, 0.05) is 28.6 Å². The van der Waals surface area contributed by atoms with Crippen LogP contribution in [-0.2, 0) is 5.41 Å². The van der Waals surface area contributed by atoms with Crippen molar-refractivity contribution < 1.29 is 9.90 Å². The van der Waals surface area contributed by atoms with Gasteiger partial charge in [-0.3, -0.25) is 9.69 Å². The standard InChI is InChI=1S/C23H30ClNO2/c1-16(2)25(17(3)4)14-13-23(5,19-9-7-6-8-10-19)20-15-18(22(24)27)11-12-21(20)26/h6-12,15-17,26H,13-14H2,1-5H3. The van der Waals surface area contributed by atoms with Crippen LogP contribution in [0.4, 0.5) is 0 Å². The number of halogens is 1. The third-order valence-corrected chi connectivity index (χ3v) is 5.64. The number of carbonyl (C=O) groups is 1. The quantitative estimate of drug-likeness (QED) is 0.600. The van der Waals surface area contributed by atoms with Crippen LogP contribution in [0.25, 0.3) is 0 Å². The zero-order valence-electron chi connectivity index (χ0n) is 16.9. The van der Waals surface area contributed by atoms with Gasteiger partial charge < -0.3 is 5.11 Å². The Balaban J connectivity index is 2.52. The Morgan fingerprint density at radius 3 is 2.19 bits per heavy atom. The Labute approximate surface area is 168 Å². The number of phenols is 1. The lowest BCUT2D eigenvalue weighted by atomic mass is 9.72. The molecule has 2 rings (SSSR count). The van der Waals surface area contributed by atoms with Gasteiger partial charge in [-0.1, -0.05) is 37.3 Å². The van der Waals surface area contributed by atoms with Crippen LogP contribution in [0.5, 0.6) is 5.75 Å². The highest BCUT2D eigenvalue weighted by Crippen LogP contribution is 2.41. The molecule has 0 radical (unpaired) electrons. The van der Waals surface area contributed by atoms with Crippen molar-refractivity contribution in [2.24, 2.45) is 0 Å². The summed E-state index contributed by atoms with van der Waals surface area (Å²) in [5.74, 6) is 0.184. The van der Waals surface area contributed by atoms with Gasteiger partial charge in [0.1, 0.15) is 5.75 Å². The van der Waals surface area contributed by atoms with Crippen LogP contribution in [0.1, 0.15) is 62.5 Å². The highest BCUT2D eigenvalue weighted by Gasteiger charge is 2.33. The first-order valence-electron chi connectivity index (χ1n) is 9.51. The topological polar surface area (TPSA) is 40.5 Å². The summed E-state index contributed by atoms with van der Waals surface area (Å²) in [6.45, 7) is 11.8. The van der Waals surface area contributed by atoms with Gasteiger partial charge in [0.25, 0.3) is 5.24 Å². The van der Waals surface area contributed by atoms with Crippen LogP contribution in [0.3, 0.4) is 0 Å². The molecule has 2 aromatic rings. The predicted molar refractivity (Wildman–Crippen MR) is 113 cm³/mol. The maximum Gasteiger partial charge on any atom is 0.252 e. The van der Waals surface area contributed by atoms with E-state index in [1.807, 2.05) is 18.2 Å². The molecule has 1 atom stereocenters. The first-order valence-corrected chi connectivity index (χ1v) is 9.89. The number of rotatable bonds is 8. The highest BCUT2D eigenvalue weighted by molar-refractivity contribution is 6.67. The first kappa shape index (κ1) is 21.5. The van der Waals surface area contributed by atoms with E-state index in [0.717, 1.165) is 24.1 Å². The SMILES string of the molecule is CC(C)N(CCC(C)(c1ccccc1)c1cc(C(=O)Cl)ccc1O)C(C)C. The van der Waals surface area contributed by atoms with Gasteiger partial charge in [0.15, 0.2) is 0 Å². The summed E-state index contributed by atoms with van der Waals surface area (Å²) in [6.07, 6.45) is 0.806. The Bertz CT molecular complexity index is 765. The largest absolute Gasteiger partial charge is 0.508 e. The molecule has 0 aromatic heterocycles. The smallest absolute Gasteiger partial charge is 0.252 e. The molecular weight excluding hydrogens is 358 g/mol. The van der Waals surface area contributed by atoms with E-state index in [9.17, 15) is 9.90 Å². The van der Waals surface area contributed by atoms with E-state index in [4.69, 9.17) is 11.6 Å². The highest BCUT2D eigenvalue weighted by atomic mass is 35.5. The number of benzene rings is 2. The lowest BCUT2D eigenvalue weighted by molar-refractivity contribution is 0.108. The summed E-state index contributed by atoms with van der Waals surface area (Å²) >= 11 is 5.71. The fraction of sp³-hybridized carbons (Fsp3) is 0.435. The number of carbonyl (C=O) groups excluding carboxylic acids is 1. The van der Waals surface area contributed by atoms with Gasteiger partial charge >= 0.3 is 0 Å². The Hall–Kier alpha value is -1.84. The summed E-state index contributed by atoms with van der Waals surface area (Å²) in [6, 6.07) is 15.8. The monoisotopic (exact) mass is 387 g/mol. The van der Waals surface area contributed by atoms with Crippen molar-refractivity contribution in [2.45, 2.75) is 58.5 Å². The summed E-state index contributed by atoms with van der Waals surface area (Å²) in [5, 5.41) is 10.1. The molecule has 0 spiro atoms. The molecule has 27 heavy (non-hydrogen) atoms. The van der Waals surface area contributed by atoms with Gasteiger partial charge in [-0.05, 0) is 76.0 Å². The number of hydrogen-bond acceptors (Lipinski definition) is 3. The van der Waals surface area contributed by atoms with E-state index in [2.05, 4.69) is 51.7 Å². The van der Waals surface area contributed by atoms with E-state index in [1.54, 1.807) is 18.2 Å². The number of aromatic hydroxyl groups is 1. The molecule has 0 aliphatic rings. The van der Waals surface area contributed by atoms with Crippen LogP contribution in [0, 0.1) is 0 Å². The maximum atomic E-state index is 11.7. The Morgan fingerprint density at radius 1 is 1.07 bits per heavy atom. The van der Waals surface area contributed by atoms with Crippen molar-refractivity contribution in [1.29, 1.82) is 0 Å². The molecule has 4 heteroatoms. The van der Waals surface area contributed by atoms with Crippen LogP contribution >= 0.6 is 11.6 Å². The van der Waals surface area contributed by atoms with E-state index < -0.39 is 10.7 Å². The molecule has 0 amide bonds. The van der Waals surface area contributed by atoms with Gasteiger partial charge in [0.2, 0.25) is 0 Å². The molecule has 2 aromatic carbocycles. The normalized spacial score (nSPS) is 14.0. The Kier molecular flexibility index (Phi) is 7.07. The minimum absolute atomic E-state index is 0.184. The zero-order chi connectivity index (χ0) is 20.2. The van der Waals surface area contributed by atoms with Gasteiger partial charge in [-0.2, -0.15) is 0 Å². The lowest BCUT2D eigenvalue weighted by Gasteiger charge is -2.37. The van der Waals surface area contributed by atoms with Crippen molar-refractivity contribution in [3.05, 3.63) is 65.2 Å². The van der Waals surface area contributed by atoms with Gasteiger partial charge in [-0.15, -0.1) is 0 Å². The molecule has 0 saturated heterocycles. The van der Waals surface area contributed by atoms with E-state index in [1.165, 1.54) is 0 Å². The average Bonchev–Trinajstić information content (AvgIpc) is 2.62. The van der Waals surface area contributed by atoms with E-state index in [0.29, 0.717) is 17.6 Å². The minimum atomic E-state index is -0.516. The first-order chi connectivity index (χ1) is 12.7. The van der Waals surface area contributed by atoms with E-state index >= 15 is 0 Å². The second-order valence-corrected chi connectivity index (χ2v) is 8.22. The third kappa shape index (κ3) is 4.91. The van der Waals surface area contributed by atoms with Gasteiger partial charge in [-0.25, -0.2) is 0 Å². The van der Waals surface area contributed by atoms with Crippen molar-refractivity contribution in [1.82, 2.24) is 4.90 Å². The molecule has 0 heterocycles. The van der Waals surface area contributed by atoms with Crippen molar-refractivity contribution >= 4 is 16.8 Å². The fourth-order valence-electron chi connectivity index (χ4n) is 3.81. The molecule has 3 nitrogen and oxygen atoms in total. The zero-order valence-corrected chi connectivity index (χ0v) is 17.6. The molecule has 0 fully saturated rings. The molecule has 1 unspecified atom stereocenters. The summed E-state index contributed by atoms with van der Waals surface area (Å²) in [7, 11) is 0. The number of nitrogens with zero attached hydrogens (tertiary/aromatic N) is 1. The number of hydrogen-bond donors (Lipinski definition) is 1. The van der Waals surface area contributed by atoms with Crippen LogP contribution in [0.15, 0.2) is 48.5 Å². The second kappa shape index (κ2) is 8.90. The second-order valence-electron chi connectivity index (χ2n) is 7.88. The molecule has 0 bridgehead atoms. The summed E-state index contributed by atoms with van der Waals surface area (Å²) in [4.78, 5) is 14.1. The van der Waals surface area contributed by atoms with Crippen molar-refractivity contribution in [2.75, 3.05) is 6.54 Å². The molecule has 0 saturated carbocycles. The molecule has 0 aliphatic heterocycles. The maximum absolute atomic E-state index is 11.7. The number of phenolic OH excluding ortho intramolecular Hbond substituents is 1. The van der Waals surface area contributed by atoms with E-state index in [-0.39, 0.29) is 5.75 Å². The molecule has 0 aliphatic carbocycles. The third-order valence-electron chi connectivity index (χ3n) is 5.43. The fourth-order valence-corrected chi connectivity index (χ4v) is 3.92. The average molecular weight is 388 g/mol. The molecule has 146 valence electrons. The van der Waals surface area contributed by atoms with Crippen molar-refractivity contribution in [3.8, 4) is 5.75 Å². The molecule has 1 N–H and O–H groups in total.